The molecule has 0 aliphatic carbocycles. The first-order chi connectivity index (χ1) is 8.60. The van der Waals surface area contributed by atoms with E-state index < -0.39 is 15.6 Å². The van der Waals surface area contributed by atoms with Crippen molar-refractivity contribution in [2.75, 3.05) is 6.54 Å². The molecule has 0 aromatic heterocycles. The molecule has 7 heteroatoms. The maximum Gasteiger partial charge on any atom is 0.241 e. The Labute approximate surface area is 122 Å². The molecular formula is C12H17BrN2O3S. The Bertz CT molecular complexity index is 565. The average molecular weight is 349 g/mol. The highest BCUT2D eigenvalue weighted by Gasteiger charge is 2.18. The zero-order valence-corrected chi connectivity index (χ0v) is 13.4. The molecule has 0 radical (unpaired) electrons. The number of hydrogen-bond donors (Lipinski definition) is 2. The quantitative estimate of drug-likeness (QED) is 0.868. The molecule has 0 heterocycles. The molecule has 0 aliphatic heterocycles. The third kappa shape index (κ3) is 5.71. The van der Waals surface area contributed by atoms with Crippen LogP contribution in [0.1, 0.15) is 20.8 Å². The van der Waals surface area contributed by atoms with Crippen LogP contribution in [0, 0.1) is 0 Å². The minimum absolute atomic E-state index is 0.116. The number of rotatable bonds is 4. The lowest BCUT2D eigenvalue weighted by Crippen LogP contribution is -2.45. The zero-order chi connectivity index (χ0) is 14.7. The summed E-state index contributed by atoms with van der Waals surface area (Å²) in [7, 11) is -3.67. The molecule has 1 aromatic carbocycles. The van der Waals surface area contributed by atoms with Gasteiger partial charge < -0.3 is 5.32 Å². The fraction of sp³-hybridized carbons (Fsp3) is 0.417. The van der Waals surface area contributed by atoms with Crippen LogP contribution in [-0.2, 0) is 14.8 Å². The summed E-state index contributed by atoms with van der Waals surface area (Å²) in [6.07, 6.45) is 0. The van der Waals surface area contributed by atoms with Gasteiger partial charge >= 0.3 is 0 Å². The molecule has 0 saturated carbocycles. The van der Waals surface area contributed by atoms with Crippen molar-refractivity contribution in [3.63, 3.8) is 0 Å². The van der Waals surface area contributed by atoms with Crippen molar-refractivity contribution in [3.8, 4) is 0 Å². The predicted octanol–water partition coefficient (Wildman–Crippen LogP) is 1.64. The fourth-order valence-electron chi connectivity index (χ4n) is 1.34. The Morgan fingerprint density at radius 3 is 2.47 bits per heavy atom. The summed E-state index contributed by atoms with van der Waals surface area (Å²) in [4.78, 5) is 11.7. The van der Waals surface area contributed by atoms with Crippen LogP contribution in [0.5, 0.6) is 0 Å². The Hall–Kier alpha value is -0.920. The molecule has 0 fully saturated rings. The lowest BCUT2D eigenvalue weighted by Gasteiger charge is -2.20. The molecule has 0 atom stereocenters. The summed E-state index contributed by atoms with van der Waals surface area (Å²) < 4.78 is 26.8. The summed E-state index contributed by atoms with van der Waals surface area (Å²) >= 11 is 3.20. The van der Waals surface area contributed by atoms with Gasteiger partial charge in [0, 0.05) is 10.0 Å². The van der Waals surface area contributed by atoms with Crippen LogP contribution in [0.3, 0.4) is 0 Å². The summed E-state index contributed by atoms with van der Waals surface area (Å²) in [5.74, 6) is -0.369. The fourth-order valence-corrected chi connectivity index (χ4v) is 2.92. The zero-order valence-electron chi connectivity index (χ0n) is 11.0. The second kappa shape index (κ2) is 6.02. The molecule has 1 aromatic rings. The molecular weight excluding hydrogens is 332 g/mol. The van der Waals surface area contributed by atoms with Gasteiger partial charge in [0.15, 0.2) is 0 Å². The number of benzene rings is 1. The highest BCUT2D eigenvalue weighted by Crippen LogP contribution is 2.15. The van der Waals surface area contributed by atoms with Crippen molar-refractivity contribution < 1.29 is 13.2 Å². The van der Waals surface area contributed by atoms with Crippen molar-refractivity contribution in [1.29, 1.82) is 0 Å². The van der Waals surface area contributed by atoms with Gasteiger partial charge in [-0.3, -0.25) is 4.79 Å². The maximum absolute atomic E-state index is 11.9. The second-order valence-electron chi connectivity index (χ2n) is 5.08. The van der Waals surface area contributed by atoms with E-state index in [9.17, 15) is 13.2 Å². The van der Waals surface area contributed by atoms with E-state index in [0.29, 0.717) is 4.47 Å². The minimum Gasteiger partial charge on any atom is -0.350 e. The summed E-state index contributed by atoms with van der Waals surface area (Å²) in [5, 5.41) is 2.68. The van der Waals surface area contributed by atoms with E-state index in [0.717, 1.165) is 0 Å². The minimum atomic E-state index is -3.67. The average Bonchev–Trinajstić information content (AvgIpc) is 2.24. The summed E-state index contributed by atoms with van der Waals surface area (Å²) in [6.45, 7) is 5.20. The molecule has 0 saturated heterocycles. The number of amides is 1. The van der Waals surface area contributed by atoms with Crippen molar-refractivity contribution in [1.82, 2.24) is 10.0 Å². The standard InChI is InChI=1S/C12H17BrN2O3S/c1-12(2,3)15-11(16)8-14-19(17,18)10-6-4-5-9(13)7-10/h4-7,14H,8H2,1-3H3,(H,15,16). The molecule has 0 bridgehead atoms. The predicted molar refractivity (Wildman–Crippen MR) is 77.2 cm³/mol. The van der Waals surface area contributed by atoms with Crippen molar-refractivity contribution in [3.05, 3.63) is 28.7 Å². The van der Waals surface area contributed by atoms with Crippen LogP contribution in [-0.4, -0.2) is 26.4 Å². The van der Waals surface area contributed by atoms with Crippen LogP contribution in [0.2, 0.25) is 0 Å². The Morgan fingerprint density at radius 2 is 1.95 bits per heavy atom. The normalized spacial score (nSPS) is 12.2. The largest absolute Gasteiger partial charge is 0.350 e. The van der Waals surface area contributed by atoms with Gasteiger partial charge in [-0.25, -0.2) is 13.1 Å². The lowest BCUT2D eigenvalue weighted by molar-refractivity contribution is -0.121. The summed E-state index contributed by atoms with van der Waals surface area (Å²) in [6, 6.07) is 6.29. The van der Waals surface area contributed by atoms with E-state index in [2.05, 4.69) is 26.0 Å². The second-order valence-corrected chi connectivity index (χ2v) is 7.76. The van der Waals surface area contributed by atoms with Gasteiger partial charge in [0.2, 0.25) is 15.9 Å². The molecule has 0 spiro atoms. The van der Waals surface area contributed by atoms with Gasteiger partial charge in [0.25, 0.3) is 0 Å². The SMILES string of the molecule is CC(C)(C)NC(=O)CNS(=O)(=O)c1cccc(Br)c1. The molecule has 19 heavy (non-hydrogen) atoms. The number of nitrogens with one attached hydrogen (secondary N) is 2. The highest BCUT2D eigenvalue weighted by atomic mass is 79.9. The van der Waals surface area contributed by atoms with E-state index in [1.54, 1.807) is 12.1 Å². The molecule has 0 aliphatic rings. The number of sulfonamides is 1. The number of halogens is 1. The third-order valence-corrected chi connectivity index (χ3v) is 3.94. The summed E-state index contributed by atoms with van der Waals surface area (Å²) in [5.41, 5.74) is -0.391. The smallest absolute Gasteiger partial charge is 0.241 e. The van der Waals surface area contributed by atoms with Crippen LogP contribution in [0.15, 0.2) is 33.6 Å². The maximum atomic E-state index is 11.9. The molecule has 2 N–H and O–H groups in total. The van der Waals surface area contributed by atoms with E-state index >= 15 is 0 Å². The first-order valence-electron chi connectivity index (χ1n) is 5.66. The highest BCUT2D eigenvalue weighted by molar-refractivity contribution is 9.10. The van der Waals surface area contributed by atoms with Crippen molar-refractivity contribution in [2.24, 2.45) is 0 Å². The van der Waals surface area contributed by atoms with Gasteiger partial charge in [0.05, 0.1) is 11.4 Å². The first kappa shape index (κ1) is 16.1. The van der Waals surface area contributed by atoms with Crippen molar-refractivity contribution >= 4 is 31.9 Å². The van der Waals surface area contributed by atoms with E-state index in [4.69, 9.17) is 0 Å². The Kier molecular flexibility index (Phi) is 5.11. The van der Waals surface area contributed by atoms with E-state index in [1.807, 2.05) is 20.8 Å². The van der Waals surface area contributed by atoms with Gasteiger partial charge in [-0.15, -0.1) is 0 Å². The van der Waals surface area contributed by atoms with Gasteiger partial charge in [-0.1, -0.05) is 22.0 Å². The topological polar surface area (TPSA) is 75.3 Å². The van der Waals surface area contributed by atoms with Gasteiger partial charge in [0.1, 0.15) is 0 Å². The van der Waals surface area contributed by atoms with Gasteiger partial charge in [-0.2, -0.15) is 0 Å². The van der Waals surface area contributed by atoms with Crippen molar-refractivity contribution in [2.45, 2.75) is 31.2 Å². The first-order valence-corrected chi connectivity index (χ1v) is 7.94. The van der Waals surface area contributed by atoms with E-state index in [1.165, 1.54) is 12.1 Å². The molecule has 106 valence electrons. The third-order valence-electron chi connectivity index (χ3n) is 2.04. The van der Waals surface area contributed by atoms with Crippen LogP contribution in [0.4, 0.5) is 0 Å². The van der Waals surface area contributed by atoms with Gasteiger partial charge in [-0.05, 0) is 39.0 Å². The number of carbonyl (C=O) groups excluding carboxylic acids is 1. The Morgan fingerprint density at radius 1 is 1.32 bits per heavy atom. The Balaban J connectivity index is 2.69. The molecule has 1 amide bonds. The molecule has 1 rings (SSSR count). The van der Waals surface area contributed by atoms with Crippen LogP contribution >= 0.6 is 15.9 Å². The number of carbonyl (C=O) groups is 1. The number of hydrogen-bond acceptors (Lipinski definition) is 3. The molecule has 5 nitrogen and oxygen atoms in total. The molecule has 0 unspecified atom stereocenters. The lowest BCUT2D eigenvalue weighted by atomic mass is 10.1. The van der Waals surface area contributed by atoms with Crippen LogP contribution < -0.4 is 10.0 Å². The van der Waals surface area contributed by atoms with Crippen LogP contribution in [0.25, 0.3) is 0 Å². The van der Waals surface area contributed by atoms with E-state index in [-0.39, 0.29) is 17.3 Å². The monoisotopic (exact) mass is 348 g/mol.